The van der Waals surface area contributed by atoms with Gasteiger partial charge in [0.2, 0.25) is 0 Å². The number of aliphatic hydroxyl groups excluding tert-OH is 2. The SMILES string of the molecule is CNC(=O)C1=C(O)C2N=CC(CC3=CC=C(F)CC3)=C3OCCN(C1O)C32. The minimum absolute atomic E-state index is 0.0730. The van der Waals surface area contributed by atoms with Gasteiger partial charge < -0.3 is 20.3 Å². The van der Waals surface area contributed by atoms with Crippen LogP contribution in [-0.4, -0.2) is 65.7 Å². The van der Waals surface area contributed by atoms with Gasteiger partial charge in [-0.15, -0.1) is 0 Å². The van der Waals surface area contributed by atoms with Gasteiger partial charge in [0.1, 0.15) is 42.3 Å². The molecule has 4 rings (SSSR count). The Balaban J connectivity index is 1.70. The molecule has 3 heterocycles. The molecule has 1 amide bonds. The van der Waals surface area contributed by atoms with E-state index in [1.165, 1.54) is 13.1 Å². The minimum atomic E-state index is -1.23. The summed E-state index contributed by atoms with van der Waals surface area (Å²) in [6, 6.07) is -1.16. The fraction of sp³-hybridized carbons (Fsp3) is 0.474. The lowest BCUT2D eigenvalue weighted by Crippen LogP contribution is -2.61. The highest BCUT2D eigenvalue weighted by Gasteiger charge is 2.50. The zero-order valence-electron chi connectivity index (χ0n) is 15.0. The van der Waals surface area contributed by atoms with Gasteiger partial charge in [0.05, 0.1) is 5.57 Å². The fourth-order valence-electron chi connectivity index (χ4n) is 4.06. The Labute approximate surface area is 156 Å². The van der Waals surface area contributed by atoms with E-state index in [2.05, 4.69) is 10.3 Å². The number of hydrogen-bond donors (Lipinski definition) is 3. The summed E-state index contributed by atoms with van der Waals surface area (Å²) in [4.78, 5) is 18.3. The summed E-state index contributed by atoms with van der Waals surface area (Å²) in [5.41, 5.74) is 1.86. The molecular formula is C19H22FN3O4. The van der Waals surface area contributed by atoms with Crippen LogP contribution in [0.4, 0.5) is 4.39 Å². The molecule has 4 aliphatic rings. The van der Waals surface area contributed by atoms with Gasteiger partial charge in [0.25, 0.3) is 5.91 Å². The van der Waals surface area contributed by atoms with Gasteiger partial charge >= 0.3 is 0 Å². The number of halogens is 1. The van der Waals surface area contributed by atoms with E-state index in [4.69, 9.17) is 4.74 Å². The predicted molar refractivity (Wildman–Crippen MR) is 96.6 cm³/mol. The van der Waals surface area contributed by atoms with E-state index in [0.29, 0.717) is 38.2 Å². The van der Waals surface area contributed by atoms with E-state index in [0.717, 1.165) is 11.1 Å². The molecule has 144 valence electrons. The summed E-state index contributed by atoms with van der Waals surface area (Å²) in [5.74, 6) is -0.235. The van der Waals surface area contributed by atoms with Crippen molar-refractivity contribution in [3.8, 4) is 0 Å². The Morgan fingerprint density at radius 2 is 2.26 bits per heavy atom. The van der Waals surface area contributed by atoms with Crippen LogP contribution >= 0.6 is 0 Å². The number of likely N-dealkylation sites (N-methyl/N-ethyl adjacent to an activating group) is 1. The zero-order valence-corrected chi connectivity index (χ0v) is 15.0. The largest absolute Gasteiger partial charge is 0.509 e. The number of hydrogen-bond acceptors (Lipinski definition) is 6. The maximum absolute atomic E-state index is 13.2. The lowest BCUT2D eigenvalue weighted by Gasteiger charge is -2.47. The first-order valence-electron chi connectivity index (χ1n) is 9.03. The molecule has 0 saturated carbocycles. The average Bonchev–Trinajstić information content (AvgIpc) is 2.68. The van der Waals surface area contributed by atoms with E-state index >= 15 is 0 Å². The first-order valence-corrected chi connectivity index (χ1v) is 9.03. The predicted octanol–water partition coefficient (Wildman–Crippen LogP) is 1.25. The second kappa shape index (κ2) is 6.94. The van der Waals surface area contributed by atoms with Gasteiger partial charge in [-0.3, -0.25) is 14.7 Å². The van der Waals surface area contributed by atoms with Gasteiger partial charge in [-0.05, 0) is 18.9 Å². The van der Waals surface area contributed by atoms with Crippen LogP contribution in [0.15, 0.2) is 51.2 Å². The lowest BCUT2D eigenvalue weighted by atomic mass is 9.86. The lowest BCUT2D eigenvalue weighted by molar-refractivity contribution is -0.123. The van der Waals surface area contributed by atoms with Crippen molar-refractivity contribution in [1.82, 2.24) is 10.2 Å². The number of morpholine rings is 1. The highest BCUT2D eigenvalue weighted by atomic mass is 19.1. The second-order valence-corrected chi connectivity index (χ2v) is 7.01. The van der Waals surface area contributed by atoms with Crippen molar-refractivity contribution in [1.29, 1.82) is 0 Å². The smallest absolute Gasteiger partial charge is 0.254 e. The molecule has 3 unspecified atom stereocenters. The number of carbonyl (C=O) groups excluding carboxylic acids is 1. The number of rotatable bonds is 3. The third-order valence-electron chi connectivity index (χ3n) is 5.44. The molecule has 0 aromatic heterocycles. The molecule has 1 fully saturated rings. The molecule has 7 nitrogen and oxygen atoms in total. The van der Waals surface area contributed by atoms with Crippen molar-refractivity contribution in [2.45, 2.75) is 37.6 Å². The monoisotopic (exact) mass is 375 g/mol. The summed E-state index contributed by atoms with van der Waals surface area (Å²) in [6.45, 7) is 0.779. The number of dihydropyridines is 1. The standard InChI is InChI=1S/C19H22FN3O4/c1-21-18(25)13-16(24)14-15-17(27-7-6-23(15)19(13)26)11(9-22-14)8-10-2-4-12(20)5-3-10/h2,4,9,14-15,19,24,26H,3,5-8H2,1H3,(H,21,25). The summed E-state index contributed by atoms with van der Waals surface area (Å²) in [5, 5.41) is 23.7. The summed E-state index contributed by atoms with van der Waals surface area (Å²) in [6.07, 6.45) is 5.29. The molecule has 27 heavy (non-hydrogen) atoms. The van der Waals surface area contributed by atoms with Crippen molar-refractivity contribution in [2.24, 2.45) is 4.99 Å². The van der Waals surface area contributed by atoms with Crippen LogP contribution < -0.4 is 5.32 Å². The van der Waals surface area contributed by atoms with Gasteiger partial charge in [-0.25, -0.2) is 4.39 Å². The van der Waals surface area contributed by atoms with Crippen molar-refractivity contribution in [3.05, 3.63) is 46.2 Å². The van der Waals surface area contributed by atoms with E-state index in [1.807, 2.05) is 0 Å². The van der Waals surface area contributed by atoms with Gasteiger partial charge in [-0.1, -0.05) is 11.6 Å². The Hall–Kier alpha value is -2.45. The van der Waals surface area contributed by atoms with Crippen molar-refractivity contribution < 1.29 is 24.1 Å². The molecule has 0 aromatic carbocycles. The van der Waals surface area contributed by atoms with E-state index in [9.17, 15) is 19.4 Å². The van der Waals surface area contributed by atoms with Crippen molar-refractivity contribution >= 4 is 12.1 Å². The molecule has 3 atom stereocenters. The molecule has 0 bridgehead atoms. The number of allylic oxidation sites excluding steroid dienone is 5. The number of ether oxygens (including phenoxy) is 1. The highest BCUT2D eigenvalue weighted by molar-refractivity contribution is 5.95. The molecule has 1 saturated heterocycles. The number of nitrogens with zero attached hydrogens (tertiary/aromatic N) is 2. The van der Waals surface area contributed by atoms with E-state index in [-0.39, 0.29) is 17.2 Å². The van der Waals surface area contributed by atoms with Crippen LogP contribution in [0.2, 0.25) is 0 Å². The van der Waals surface area contributed by atoms with Crippen molar-refractivity contribution in [3.63, 3.8) is 0 Å². The Kier molecular flexibility index (Phi) is 4.61. The molecule has 1 aliphatic carbocycles. The van der Waals surface area contributed by atoms with Crippen LogP contribution in [-0.2, 0) is 9.53 Å². The second-order valence-electron chi connectivity index (χ2n) is 7.01. The summed E-state index contributed by atoms with van der Waals surface area (Å²) >= 11 is 0. The normalized spacial score (nSPS) is 30.4. The van der Waals surface area contributed by atoms with E-state index in [1.54, 1.807) is 17.2 Å². The average molecular weight is 375 g/mol. The van der Waals surface area contributed by atoms with Crippen LogP contribution in [0.5, 0.6) is 0 Å². The summed E-state index contributed by atoms with van der Waals surface area (Å²) in [7, 11) is 1.45. The number of aliphatic hydroxyl groups is 2. The first-order chi connectivity index (χ1) is 13.0. The Bertz CT molecular complexity index is 827. The van der Waals surface area contributed by atoms with Gasteiger partial charge in [0, 0.05) is 31.8 Å². The summed E-state index contributed by atoms with van der Waals surface area (Å²) < 4.78 is 19.1. The van der Waals surface area contributed by atoms with Crippen molar-refractivity contribution in [2.75, 3.05) is 20.2 Å². The quantitative estimate of drug-likeness (QED) is 0.690. The van der Waals surface area contributed by atoms with Crippen LogP contribution in [0.3, 0.4) is 0 Å². The molecule has 0 spiro atoms. The van der Waals surface area contributed by atoms with Crippen LogP contribution in [0, 0.1) is 0 Å². The molecule has 3 N–H and O–H groups in total. The maximum Gasteiger partial charge on any atom is 0.254 e. The zero-order chi connectivity index (χ0) is 19.1. The van der Waals surface area contributed by atoms with Gasteiger partial charge in [-0.2, -0.15) is 0 Å². The fourth-order valence-corrected chi connectivity index (χ4v) is 4.06. The van der Waals surface area contributed by atoms with Gasteiger partial charge in [0.15, 0.2) is 0 Å². The van der Waals surface area contributed by atoms with E-state index < -0.39 is 24.2 Å². The third-order valence-corrected chi connectivity index (χ3v) is 5.44. The molecule has 3 aliphatic heterocycles. The molecule has 0 radical (unpaired) electrons. The number of nitrogens with one attached hydrogen (secondary N) is 1. The Morgan fingerprint density at radius 3 is 2.96 bits per heavy atom. The number of carbonyl (C=O) groups is 1. The molecule has 0 aromatic rings. The highest BCUT2D eigenvalue weighted by Crippen LogP contribution is 2.39. The minimum Gasteiger partial charge on any atom is -0.509 e. The third kappa shape index (κ3) is 2.98. The van der Waals surface area contributed by atoms with Crippen LogP contribution in [0.1, 0.15) is 19.3 Å². The first kappa shape index (κ1) is 17.9. The topological polar surface area (TPSA) is 94.4 Å². The Morgan fingerprint density at radius 1 is 1.44 bits per heavy atom. The molecular weight excluding hydrogens is 353 g/mol. The molecule has 8 heteroatoms. The number of aliphatic imine (C=N–C) groups is 1. The number of amides is 1. The maximum atomic E-state index is 13.2. The van der Waals surface area contributed by atoms with Crippen LogP contribution in [0.25, 0.3) is 0 Å².